The zero-order valence-electron chi connectivity index (χ0n) is 19.6. The minimum atomic E-state index is -1.30. The second-order valence-corrected chi connectivity index (χ2v) is 9.37. The molecule has 3 rings (SSSR count). The van der Waals surface area contributed by atoms with E-state index < -0.39 is 23.1 Å². The number of alkyl carbamates (subject to hydrolysis) is 1. The van der Waals surface area contributed by atoms with Gasteiger partial charge < -0.3 is 20.5 Å². The molecule has 1 atom stereocenters. The van der Waals surface area contributed by atoms with Crippen LogP contribution in [0.2, 0.25) is 0 Å². The van der Waals surface area contributed by atoms with Crippen molar-refractivity contribution < 1.29 is 24.2 Å². The summed E-state index contributed by atoms with van der Waals surface area (Å²) in [6, 6.07) is 16.3. The second kappa shape index (κ2) is 9.65. The van der Waals surface area contributed by atoms with Crippen LogP contribution >= 0.6 is 0 Å². The number of aliphatic carboxylic acids is 1. The van der Waals surface area contributed by atoms with Crippen LogP contribution in [0.15, 0.2) is 48.5 Å². The second-order valence-electron chi connectivity index (χ2n) is 9.37. The van der Waals surface area contributed by atoms with Gasteiger partial charge in [-0.2, -0.15) is 0 Å². The number of carbonyl (C=O) groups is 3. The van der Waals surface area contributed by atoms with E-state index in [1.807, 2.05) is 24.3 Å². The molecule has 0 heterocycles. The molecule has 2 amide bonds. The number of carboxylic acid groups (broad SMARTS) is 1. The van der Waals surface area contributed by atoms with E-state index in [4.69, 9.17) is 4.74 Å². The molecule has 0 bridgehead atoms. The van der Waals surface area contributed by atoms with Crippen LogP contribution in [0.4, 0.5) is 4.79 Å². The Kier molecular flexibility index (Phi) is 7.10. The molecule has 0 saturated carbocycles. The van der Waals surface area contributed by atoms with E-state index in [0.717, 1.165) is 22.3 Å². The first-order valence-electron chi connectivity index (χ1n) is 11.2. The van der Waals surface area contributed by atoms with Crippen LogP contribution in [0.3, 0.4) is 0 Å². The summed E-state index contributed by atoms with van der Waals surface area (Å²) >= 11 is 0. The lowest BCUT2D eigenvalue weighted by atomic mass is 9.96. The maximum absolute atomic E-state index is 12.5. The topological polar surface area (TPSA) is 105 Å². The van der Waals surface area contributed by atoms with Crippen LogP contribution < -0.4 is 10.6 Å². The molecule has 0 spiro atoms. The number of nitrogens with one attached hydrogen (secondary N) is 2. The number of carbonyl (C=O) groups excluding carboxylic acids is 2. The van der Waals surface area contributed by atoms with Gasteiger partial charge in [-0.25, -0.2) is 9.59 Å². The van der Waals surface area contributed by atoms with E-state index in [1.54, 1.807) is 20.8 Å². The monoisotopic (exact) mass is 452 g/mol. The van der Waals surface area contributed by atoms with Crippen LogP contribution in [0.1, 0.15) is 64.0 Å². The van der Waals surface area contributed by atoms with E-state index in [-0.39, 0.29) is 31.3 Å². The maximum atomic E-state index is 12.5. The fourth-order valence-corrected chi connectivity index (χ4v) is 4.06. The van der Waals surface area contributed by atoms with Gasteiger partial charge in [0.05, 0.1) is 0 Å². The van der Waals surface area contributed by atoms with Gasteiger partial charge in [-0.3, -0.25) is 4.79 Å². The fourth-order valence-electron chi connectivity index (χ4n) is 4.06. The van der Waals surface area contributed by atoms with Crippen molar-refractivity contribution in [2.75, 3.05) is 6.61 Å². The van der Waals surface area contributed by atoms with E-state index in [1.165, 1.54) is 6.92 Å². The Morgan fingerprint density at radius 3 is 2.00 bits per heavy atom. The molecule has 7 nitrogen and oxygen atoms in total. The van der Waals surface area contributed by atoms with E-state index in [0.29, 0.717) is 6.42 Å². The van der Waals surface area contributed by atoms with Crippen molar-refractivity contribution in [2.24, 2.45) is 0 Å². The highest BCUT2D eigenvalue weighted by molar-refractivity contribution is 5.86. The number of hydrogen-bond donors (Lipinski definition) is 3. The molecule has 1 aliphatic carbocycles. The maximum Gasteiger partial charge on any atom is 0.407 e. The van der Waals surface area contributed by atoms with Gasteiger partial charge in [-0.15, -0.1) is 0 Å². The first-order chi connectivity index (χ1) is 15.6. The standard InChI is InChI=1S/C26H32N2O5/c1-5-26(4,23(30)31)27-22(29)14-15-25(2,3)28-24(32)33-16-21-19-12-8-6-10-17(19)18-11-7-9-13-20(18)21/h6-13,21H,5,14-16H2,1-4H3,(H,27,29)(H,28,32)(H,30,31). The molecule has 1 aliphatic rings. The summed E-state index contributed by atoms with van der Waals surface area (Å²) in [7, 11) is 0. The number of fused-ring (bicyclic) bond motifs is 3. The molecule has 7 heteroatoms. The summed E-state index contributed by atoms with van der Waals surface area (Å²) in [6.45, 7) is 7.00. The van der Waals surface area contributed by atoms with Crippen LogP contribution in [0.5, 0.6) is 0 Å². The van der Waals surface area contributed by atoms with Crippen molar-refractivity contribution in [3.05, 3.63) is 59.7 Å². The van der Waals surface area contributed by atoms with Crippen molar-refractivity contribution in [3.63, 3.8) is 0 Å². The lowest BCUT2D eigenvalue weighted by Gasteiger charge is -2.28. The average molecular weight is 453 g/mol. The first-order valence-corrected chi connectivity index (χ1v) is 11.2. The summed E-state index contributed by atoms with van der Waals surface area (Å²) in [5.41, 5.74) is 2.59. The number of ether oxygens (including phenoxy) is 1. The number of hydrogen-bond acceptors (Lipinski definition) is 4. The van der Waals surface area contributed by atoms with Gasteiger partial charge in [0.15, 0.2) is 0 Å². The Hall–Kier alpha value is -3.35. The molecule has 33 heavy (non-hydrogen) atoms. The van der Waals surface area contributed by atoms with Gasteiger partial charge in [0, 0.05) is 17.9 Å². The largest absolute Gasteiger partial charge is 0.480 e. The quantitative estimate of drug-likeness (QED) is 0.521. The van der Waals surface area contributed by atoms with Crippen molar-refractivity contribution in [3.8, 4) is 11.1 Å². The highest BCUT2D eigenvalue weighted by Crippen LogP contribution is 2.44. The predicted octanol–water partition coefficient (Wildman–Crippen LogP) is 4.45. The lowest BCUT2D eigenvalue weighted by molar-refractivity contribution is -0.147. The van der Waals surface area contributed by atoms with Gasteiger partial charge >= 0.3 is 12.1 Å². The summed E-state index contributed by atoms with van der Waals surface area (Å²) in [4.78, 5) is 36.2. The Bertz CT molecular complexity index is 1000. The average Bonchev–Trinajstić information content (AvgIpc) is 3.09. The number of carboxylic acids is 1. The van der Waals surface area contributed by atoms with Crippen LogP contribution in [-0.2, 0) is 14.3 Å². The van der Waals surface area contributed by atoms with Gasteiger partial charge in [0.1, 0.15) is 12.1 Å². The summed E-state index contributed by atoms with van der Waals surface area (Å²) in [5.74, 6) is -1.47. The molecular formula is C26H32N2O5. The van der Waals surface area contributed by atoms with Gasteiger partial charge in [-0.1, -0.05) is 55.5 Å². The molecule has 3 N–H and O–H groups in total. The van der Waals surface area contributed by atoms with Crippen LogP contribution in [0, 0.1) is 0 Å². The van der Waals surface area contributed by atoms with E-state index in [9.17, 15) is 19.5 Å². The molecule has 0 fully saturated rings. The lowest BCUT2D eigenvalue weighted by Crippen LogP contribution is -2.52. The van der Waals surface area contributed by atoms with Crippen LogP contribution in [0.25, 0.3) is 11.1 Å². The first kappa shape index (κ1) is 24.3. The molecule has 0 saturated heterocycles. The molecule has 0 aliphatic heterocycles. The minimum absolute atomic E-state index is 0.0280. The van der Waals surface area contributed by atoms with Crippen molar-refractivity contribution >= 4 is 18.0 Å². The third-order valence-corrected chi connectivity index (χ3v) is 6.36. The van der Waals surface area contributed by atoms with Crippen molar-refractivity contribution in [2.45, 2.75) is 64.0 Å². The Balaban J connectivity index is 1.54. The minimum Gasteiger partial charge on any atom is -0.480 e. The normalized spacial score (nSPS) is 14.5. The predicted molar refractivity (Wildman–Crippen MR) is 126 cm³/mol. The van der Waals surface area contributed by atoms with Gasteiger partial charge in [0.25, 0.3) is 0 Å². The number of rotatable bonds is 9. The SMILES string of the molecule is CCC(C)(NC(=O)CCC(C)(C)NC(=O)OCC1c2ccccc2-c2ccccc21)C(=O)O. The molecule has 2 aromatic carbocycles. The Morgan fingerprint density at radius 1 is 0.939 bits per heavy atom. The van der Waals surface area contributed by atoms with Gasteiger partial charge in [-0.05, 0) is 55.9 Å². The highest BCUT2D eigenvalue weighted by atomic mass is 16.5. The molecule has 0 radical (unpaired) electrons. The Morgan fingerprint density at radius 2 is 1.48 bits per heavy atom. The van der Waals surface area contributed by atoms with E-state index in [2.05, 4.69) is 34.9 Å². The number of amides is 2. The molecule has 2 aromatic rings. The Labute approximate surface area is 194 Å². The van der Waals surface area contributed by atoms with Crippen LogP contribution in [-0.4, -0.2) is 40.8 Å². The molecule has 1 unspecified atom stereocenters. The van der Waals surface area contributed by atoms with Crippen molar-refractivity contribution in [1.82, 2.24) is 10.6 Å². The summed E-state index contributed by atoms with van der Waals surface area (Å²) < 4.78 is 5.58. The molecule has 176 valence electrons. The highest BCUT2D eigenvalue weighted by Gasteiger charge is 2.33. The zero-order valence-corrected chi connectivity index (χ0v) is 19.6. The third-order valence-electron chi connectivity index (χ3n) is 6.36. The number of benzene rings is 2. The molecule has 0 aromatic heterocycles. The van der Waals surface area contributed by atoms with E-state index >= 15 is 0 Å². The fraction of sp³-hybridized carbons (Fsp3) is 0.423. The van der Waals surface area contributed by atoms with Gasteiger partial charge in [0.2, 0.25) is 5.91 Å². The smallest absolute Gasteiger partial charge is 0.407 e. The summed E-state index contributed by atoms with van der Waals surface area (Å²) in [5, 5.41) is 14.7. The third kappa shape index (κ3) is 5.53. The zero-order chi connectivity index (χ0) is 24.2. The summed E-state index contributed by atoms with van der Waals surface area (Å²) in [6.07, 6.45) is 0.142. The van der Waals surface area contributed by atoms with Crippen molar-refractivity contribution in [1.29, 1.82) is 0 Å². The molecular weight excluding hydrogens is 420 g/mol.